The maximum Gasteiger partial charge on any atom is 0.160 e. The summed E-state index contributed by atoms with van der Waals surface area (Å²) in [7, 11) is 0. The molecule has 298 valence electrons. The van der Waals surface area contributed by atoms with Gasteiger partial charge in [-0.3, -0.25) is 0 Å². The molecule has 2 aliphatic rings. The molecule has 4 heteroatoms. The van der Waals surface area contributed by atoms with Crippen LogP contribution in [-0.4, -0.2) is 15.0 Å². The van der Waals surface area contributed by atoms with Crippen LogP contribution in [0.3, 0.4) is 0 Å². The Bertz CT molecular complexity index is 3520. The molecule has 0 bridgehead atoms. The van der Waals surface area contributed by atoms with Crippen molar-refractivity contribution in [2.75, 3.05) is 0 Å². The van der Waals surface area contributed by atoms with Crippen LogP contribution in [0.4, 0.5) is 0 Å². The first-order valence-electron chi connectivity index (χ1n) is 21.8. The lowest BCUT2D eigenvalue weighted by molar-refractivity contribution is 0.724. The molecule has 0 radical (unpaired) electrons. The number of nitrogens with zero attached hydrogens (tertiary/aromatic N) is 3. The van der Waals surface area contributed by atoms with Crippen LogP contribution < -0.4 is 0 Å². The Kier molecular flexibility index (Phi) is 8.37. The normalized spacial score (nSPS) is 13.1. The molecule has 1 aliphatic heterocycles. The lowest BCUT2D eigenvalue weighted by Crippen LogP contribution is -2.32. The number of benzene rings is 9. The van der Waals surface area contributed by atoms with Gasteiger partial charge < -0.3 is 0 Å². The molecular weight excluding hydrogens is 795 g/mol. The fraction of sp³-hybridized carbons (Fsp3) is 0.0167. The summed E-state index contributed by atoms with van der Waals surface area (Å²) in [6.07, 6.45) is 0. The zero-order chi connectivity index (χ0) is 42.2. The van der Waals surface area contributed by atoms with Crippen molar-refractivity contribution in [3.63, 3.8) is 0 Å². The maximum atomic E-state index is 5.53. The second-order valence-electron chi connectivity index (χ2n) is 16.7. The van der Waals surface area contributed by atoms with E-state index in [4.69, 9.17) is 15.0 Å². The lowest BCUT2D eigenvalue weighted by atomic mass is 9.67. The summed E-state index contributed by atoms with van der Waals surface area (Å²) in [5, 5.41) is 3.50. The largest absolute Gasteiger partial charge is 0.247 e. The quantitative estimate of drug-likeness (QED) is 0.162. The topological polar surface area (TPSA) is 38.7 Å². The van der Waals surface area contributed by atoms with Crippen molar-refractivity contribution in [1.29, 1.82) is 0 Å². The Morgan fingerprint density at radius 1 is 0.312 bits per heavy atom. The van der Waals surface area contributed by atoms with Gasteiger partial charge in [0.05, 0.1) is 28.0 Å². The lowest BCUT2D eigenvalue weighted by Gasteiger charge is -2.40. The van der Waals surface area contributed by atoms with E-state index in [2.05, 4.69) is 200 Å². The van der Waals surface area contributed by atoms with Gasteiger partial charge in [0, 0.05) is 42.8 Å². The minimum atomic E-state index is -0.462. The molecule has 64 heavy (non-hydrogen) atoms. The monoisotopic (exact) mass is 831 g/mol. The molecular formula is C60H37N3S. The Morgan fingerprint density at radius 3 is 1.52 bits per heavy atom. The van der Waals surface area contributed by atoms with Crippen LogP contribution in [0, 0.1) is 0 Å². The summed E-state index contributed by atoms with van der Waals surface area (Å²) < 4.78 is 0. The Morgan fingerprint density at radius 2 is 0.844 bits per heavy atom. The zero-order valence-electron chi connectivity index (χ0n) is 34.6. The van der Waals surface area contributed by atoms with Gasteiger partial charge >= 0.3 is 0 Å². The Hall–Kier alpha value is -7.92. The van der Waals surface area contributed by atoms with Crippen LogP contribution >= 0.6 is 11.8 Å². The number of rotatable bonds is 5. The Balaban J connectivity index is 0.982. The van der Waals surface area contributed by atoms with Gasteiger partial charge in [0.25, 0.3) is 0 Å². The highest BCUT2D eigenvalue weighted by molar-refractivity contribution is 7.99. The van der Waals surface area contributed by atoms with E-state index in [1.807, 2.05) is 36.0 Å². The number of pyridine rings is 1. The number of hydrogen-bond donors (Lipinski definition) is 0. The molecule has 0 N–H and O–H groups in total. The first-order chi connectivity index (χ1) is 31.7. The van der Waals surface area contributed by atoms with E-state index in [9.17, 15) is 0 Å². The molecule has 11 aromatic rings. The van der Waals surface area contributed by atoms with Gasteiger partial charge in [0.15, 0.2) is 5.82 Å². The molecule has 0 amide bonds. The molecule has 3 nitrogen and oxygen atoms in total. The number of hydrogen-bond acceptors (Lipinski definition) is 4. The van der Waals surface area contributed by atoms with E-state index in [0.29, 0.717) is 5.82 Å². The molecule has 3 heterocycles. The van der Waals surface area contributed by atoms with Gasteiger partial charge in [-0.1, -0.05) is 206 Å². The van der Waals surface area contributed by atoms with E-state index in [1.165, 1.54) is 48.6 Å². The molecule has 13 rings (SSSR count). The van der Waals surface area contributed by atoms with Crippen LogP contribution in [-0.2, 0) is 5.41 Å². The second kappa shape index (κ2) is 14.6. The predicted octanol–water partition coefficient (Wildman–Crippen LogP) is 15.3. The van der Waals surface area contributed by atoms with Crippen LogP contribution in [0.25, 0.3) is 89.1 Å². The summed E-state index contributed by atoms with van der Waals surface area (Å²) in [6, 6.07) is 80.9. The number of fused-ring (bicyclic) bond motifs is 12. The van der Waals surface area contributed by atoms with Crippen molar-refractivity contribution in [1.82, 2.24) is 15.0 Å². The van der Waals surface area contributed by atoms with Crippen LogP contribution in [0.1, 0.15) is 22.3 Å². The van der Waals surface area contributed by atoms with Gasteiger partial charge in [0.2, 0.25) is 0 Å². The van der Waals surface area contributed by atoms with E-state index < -0.39 is 5.41 Å². The van der Waals surface area contributed by atoms with Crippen LogP contribution in [0.2, 0.25) is 0 Å². The third-order valence-electron chi connectivity index (χ3n) is 13.2. The van der Waals surface area contributed by atoms with E-state index in [1.54, 1.807) is 0 Å². The van der Waals surface area contributed by atoms with Crippen LogP contribution in [0.5, 0.6) is 0 Å². The highest BCUT2D eigenvalue weighted by Gasteiger charge is 2.50. The highest BCUT2D eigenvalue weighted by atomic mass is 32.2. The molecule has 1 spiro atoms. The summed E-state index contributed by atoms with van der Waals surface area (Å²) >= 11 is 1.88. The molecule has 9 aromatic carbocycles. The summed E-state index contributed by atoms with van der Waals surface area (Å²) in [6.45, 7) is 0. The zero-order valence-corrected chi connectivity index (χ0v) is 35.4. The van der Waals surface area contributed by atoms with Crippen molar-refractivity contribution in [2.45, 2.75) is 15.2 Å². The number of aromatic nitrogens is 3. The van der Waals surface area contributed by atoms with E-state index in [-0.39, 0.29) is 0 Å². The van der Waals surface area contributed by atoms with Crippen molar-refractivity contribution < 1.29 is 0 Å². The maximum absolute atomic E-state index is 5.53. The minimum absolute atomic E-state index is 0.462. The van der Waals surface area contributed by atoms with E-state index >= 15 is 0 Å². The fourth-order valence-corrected chi connectivity index (χ4v) is 11.5. The second-order valence-corrected chi connectivity index (χ2v) is 17.7. The fourth-order valence-electron chi connectivity index (χ4n) is 10.3. The van der Waals surface area contributed by atoms with Crippen molar-refractivity contribution in [3.05, 3.63) is 247 Å². The van der Waals surface area contributed by atoms with Gasteiger partial charge in [-0.25, -0.2) is 15.0 Å². The molecule has 0 atom stereocenters. The average Bonchev–Trinajstić information content (AvgIpc) is 3.66. The summed E-state index contributed by atoms with van der Waals surface area (Å²) in [4.78, 5) is 18.2. The molecule has 2 aromatic heterocycles. The smallest absolute Gasteiger partial charge is 0.160 e. The van der Waals surface area contributed by atoms with Gasteiger partial charge in [-0.05, 0) is 80.2 Å². The average molecular weight is 832 g/mol. The standard InChI is InChI=1S/C60H37N3S/c1-4-16-39(17-5-1)53-37-54(63-59(62-53)42-20-8-3-9-21-42)40-30-28-38(29-31-40)43-32-33-46-47-35-52-57(36-48(47)58(61-55(46)34-43)41-18-6-2-7-19-41)64-56-27-15-14-26-51(56)60(52)49-24-12-10-22-44(49)45-23-11-13-25-50(45)60/h1-37H. The third kappa shape index (κ3) is 5.66. The van der Waals surface area contributed by atoms with Gasteiger partial charge in [-0.15, -0.1) is 0 Å². The Labute approximate surface area is 375 Å². The van der Waals surface area contributed by atoms with Crippen LogP contribution in [0.15, 0.2) is 234 Å². The molecule has 1 aliphatic carbocycles. The predicted molar refractivity (Wildman–Crippen MR) is 263 cm³/mol. The summed E-state index contributed by atoms with van der Waals surface area (Å²) in [5.41, 5.74) is 17.6. The highest BCUT2D eigenvalue weighted by Crippen LogP contribution is 2.62. The van der Waals surface area contributed by atoms with Crippen molar-refractivity contribution in [3.8, 4) is 67.4 Å². The first kappa shape index (κ1) is 36.7. The molecule has 0 fully saturated rings. The molecule has 0 saturated heterocycles. The SMILES string of the molecule is c1ccc(-c2cc(-c3ccc(-c4ccc5c(c4)nc(-c4ccccc4)c4cc6c(cc45)C4(c5ccccc5S6)c5ccccc5-c5ccccc54)cc3)nc(-c3ccccc3)n2)cc1. The minimum Gasteiger partial charge on any atom is -0.247 e. The van der Waals surface area contributed by atoms with Gasteiger partial charge in [-0.2, -0.15) is 0 Å². The van der Waals surface area contributed by atoms with E-state index in [0.717, 1.165) is 66.8 Å². The molecule has 0 unspecified atom stereocenters. The first-order valence-corrected chi connectivity index (χ1v) is 22.6. The third-order valence-corrected chi connectivity index (χ3v) is 14.3. The summed E-state index contributed by atoms with van der Waals surface area (Å²) in [5.74, 6) is 0.708. The molecule has 0 saturated carbocycles. The van der Waals surface area contributed by atoms with Crippen molar-refractivity contribution >= 4 is 33.4 Å². The van der Waals surface area contributed by atoms with Crippen molar-refractivity contribution in [2.24, 2.45) is 0 Å². The van der Waals surface area contributed by atoms with Gasteiger partial charge in [0.1, 0.15) is 0 Å².